The number of aryl methyl sites for hydroxylation is 4. The smallest absolute Gasteiger partial charge is 0.249 e. The fourth-order valence-electron chi connectivity index (χ4n) is 3.28. The molecule has 1 aliphatic heterocycles. The minimum atomic E-state index is -0.0838. The van der Waals surface area contributed by atoms with Crippen LogP contribution < -0.4 is 0 Å². The van der Waals surface area contributed by atoms with Crippen molar-refractivity contribution in [2.24, 2.45) is 0 Å². The maximum Gasteiger partial charge on any atom is 0.249 e. The Balaban J connectivity index is 1.68. The quantitative estimate of drug-likeness (QED) is 0.841. The normalized spacial score (nSPS) is 18.1. The first-order valence-corrected chi connectivity index (χ1v) is 8.71. The molecule has 0 unspecified atom stereocenters. The predicted octanol–water partition coefficient (Wildman–Crippen LogP) is 2.59. The van der Waals surface area contributed by atoms with E-state index in [1.165, 1.54) is 0 Å². The summed E-state index contributed by atoms with van der Waals surface area (Å²) in [5.74, 6) is 1.40. The third kappa shape index (κ3) is 3.49. The van der Waals surface area contributed by atoms with E-state index in [4.69, 9.17) is 4.52 Å². The highest BCUT2D eigenvalue weighted by molar-refractivity contribution is 5.76. The molecule has 3 rings (SSSR count). The zero-order chi connectivity index (χ0) is 17.1. The molecule has 0 saturated carbocycles. The van der Waals surface area contributed by atoms with Crippen LogP contribution in [0.4, 0.5) is 0 Å². The molecule has 7 nitrogen and oxygen atoms in total. The van der Waals surface area contributed by atoms with Crippen LogP contribution in [0.15, 0.2) is 10.6 Å². The van der Waals surface area contributed by atoms with Crippen LogP contribution in [0, 0.1) is 13.8 Å². The van der Waals surface area contributed by atoms with Crippen molar-refractivity contribution in [3.63, 3.8) is 0 Å². The Bertz CT molecular complexity index is 706. The summed E-state index contributed by atoms with van der Waals surface area (Å²) in [4.78, 5) is 19.1. The SMILES string of the molecule is CCc1noc([C@@H]2CCCCN2C(=O)CCn2nc(C)cc2C)n1. The second-order valence-corrected chi connectivity index (χ2v) is 6.40. The number of piperidine rings is 1. The van der Waals surface area contributed by atoms with Gasteiger partial charge in [-0.05, 0) is 39.2 Å². The van der Waals surface area contributed by atoms with Gasteiger partial charge in [-0.2, -0.15) is 10.1 Å². The molecule has 0 aromatic carbocycles. The van der Waals surface area contributed by atoms with Crippen molar-refractivity contribution in [3.8, 4) is 0 Å². The number of aromatic nitrogens is 4. The van der Waals surface area contributed by atoms with Crippen LogP contribution in [0.25, 0.3) is 0 Å². The van der Waals surface area contributed by atoms with Crippen molar-refractivity contribution in [3.05, 3.63) is 29.2 Å². The molecule has 2 aromatic heterocycles. The van der Waals surface area contributed by atoms with Gasteiger partial charge >= 0.3 is 0 Å². The topological polar surface area (TPSA) is 77.0 Å². The maximum absolute atomic E-state index is 12.7. The zero-order valence-electron chi connectivity index (χ0n) is 14.7. The van der Waals surface area contributed by atoms with Crippen molar-refractivity contribution in [1.82, 2.24) is 24.8 Å². The third-order valence-corrected chi connectivity index (χ3v) is 4.55. The van der Waals surface area contributed by atoms with Gasteiger partial charge in [-0.15, -0.1) is 0 Å². The molecule has 3 heterocycles. The van der Waals surface area contributed by atoms with Crippen LogP contribution >= 0.6 is 0 Å². The molecule has 7 heteroatoms. The summed E-state index contributed by atoms with van der Waals surface area (Å²) in [6.45, 7) is 7.33. The lowest BCUT2D eigenvalue weighted by molar-refractivity contribution is -0.136. The van der Waals surface area contributed by atoms with Crippen LogP contribution in [-0.2, 0) is 17.8 Å². The van der Waals surface area contributed by atoms with E-state index in [1.807, 2.05) is 36.4 Å². The molecule has 1 saturated heterocycles. The molecule has 1 aliphatic rings. The predicted molar refractivity (Wildman–Crippen MR) is 88.3 cm³/mol. The van der Waals surface area contributed by atoms with Gasteiger partial charge in [0.2, 0.25) is 11.8 Å². The van der Waals surface area contributed by atoms with Gasteiger partial charge in [-0.1, -0.05) is 12.1 Å². The number of hydrogen-bond donors (Lipinski definition) is 0. The van der Waals surface area contributed by atoms with Gasteiger partial charge in [0.25, 0.3) is 0 Å². The van der Waals surface area contributed by atoms with Gasteiger partial charge in [0.15, 0.2) is 5.82 Å². The first-order valence-electron chi connectivity index (χ1n) is 8.71. The molecule has 1 atom stereocenters. The Morgan fingerprint density at radius 2 is 2.21 bits per heavy atom. The van der Waals surface area contributed by atoms with Crippen molar-refractivity contribution in [2.75, 3.05) is 6.54 Å². The highest BCUT2D eigenvalue weighted by atomic mass is 16.5. The Morgan fingerprint density at radius 1 is 1.38 bits per heavy atom. The molecule has 0 bridgehead atoms. The lowest BCUT2D eigenvalue weighted by Gasteiger charge is -2.33. The Kier molecular flexibility index (Phi) is 4.97. The molecule has 1 amide bonds. The highest BCUT2D eigenvalue weighted by Crippen LogP contribution is 2.30. The number of amides is 1. The van der Waals surface area contributed by atoms with Crippen molar-refractivity contribution in [1.29, 1.82) is 0 Å². The lowest BCUT2D eigenvalue weighted by Crippen LogP contribution is -2.39. The second kappa shape index (κ2) is 7.15. The van der Waals surface area contributed by atoms with Gasteiger partial charge in [-0.3, -0.25) is 9.48 Å². The summed E-state index contributed by atoms with van der Waals surface area (Å²) >= 11 is 0. The zero-order valence-corrected chi connectivity index (χ0v) is 14.7. The summed E-state index contributed by atoms with van der Waals surface area (Å²) < 4.78 is 7.28. The van der Waals surface area contributed by atoms with Crippen LogP contribution in [0.3, 0.4) is 0 Å². The van der Waals surface area contributed by atoms with E-state index in [-0.39, 0.29) is 11.9 Å². The van der Waals surface area contributed by atoms with Gasteiger partial charge in [0, 0.05) is 31.6 Å². The minimum absolute atomic E-state index is 0.0838. The number of nitrogens with zero attached hydrogens (tertiary/aromatic N) is 5. The molecule has 0 radical (unpaired) electrons. The summed E-state index contributed by atoms with van der Waals surface area (Å²) in [5.41, 5.74) is 2.06. The van der Waals surface area contributed by atoms with E-state index in [2.05, 4.69) is 15.2 Å². The average Bonchev–Trinajstić information content (AvgIpc) is 3.18. The monoisotopic (exact) mass is 331 g/mol. The van der Waals surface area contributed by atoms with Crippen LogP contribution in [0.2, 0.25) is 0 Å². The molecule has 0 spiro atoms. The molecule has 2 aromatic rings. The van der Waals surface area contributed by atoms with Crippen molar-refractivity contribution in [2.45, 2.75) is 65.5 Å². The number of likely N-dealkylation sites (tertiary alicyclic amines) is 1. The number of carbonyl (C=O) groups is 1. The average molecular weight is 331 g/mol. The number of carbonyl (C=O) groups excluding carboxylic acids is 1. The fourth-order valence-corrected chi connectivity index (χ4v) is 3.28. The minimum Gasteiger partial charge on any atom is -0.337 e. The van der Waals surface area contributed by atoms with Crippen molar-refractivity contribution >= 4 is 5.91 Å². The van der Waals surface area contributed by atoms with E-state index in [0.29, 0.717) is 24.7 Å². The van der Waals surface area contributed by atoms with Crippen LogP contribution in [-0.4, -0.2) is 37.3 Å². The summed E-state index contributed by atoms with van der Waals surface area (Å²) in [6, 6.07) is 1.94. The Labute approximate surface area is 142 Å². The molecule has 0 aliphatic carbocycles. The van der Waals surface area contributed by atoms with Gasteiger partial charge in [0.1, 0.15) is 6.04 Å². The van der Waals surface area contributed by atoms with Crippen LogP contribution in [0.5, 0.6) is 0 Å². The van der Waals surface area contributed by atoms with E-state index in [9.17, 15) is 4.79 Å². The van der Waals surface area contributed by atoms with E-state index in [0.717, 1.165) is 43.6 Å². The molecule has 0 N–H and O–H groups in total. The Hall–Kier alpha value is -2.18. The van der Waals surface area contributed by atoms with E-state index in [1.54, 1.807) is 0 Å². The van der Waals surface area contributed by atoms with Gasteiger partial charge in [0.05, 0.1) is 5.69 Å². The summed E-state index contributed by atoms with van der Waals surface area (Å²) in [7, 11) is 0. The largest absolute Gasteiger partial charge is 0.337 e. The second-order valence-electron chi connectivity index (χ2n) is 6.40. The highest BCUT2D eigenvalue weighted by Gasteiger charge is 2.31. The summed E-state index contributed by atoms with van der Waals surface area (Å²) in [5, 5.41) is 8.40. The number of hydrogen-bond acceptors (Lipinski definition) is 5. The van der Waals surface area contributed by atoms with Gasteiger partial charge < -0.3 is 9.42 Å². The third-order valence-electron chi connectivity index (χ3n) is 4.55. The maximum atomic E-state index is 12.7. The Morgan fingerprint density at radius 3 is 2.88 bits per heavy atom. The van der Waals surface area contributed by atoms with E-state index < -0.39 is 0 Å². The molecule has 130 valence electrons. The molecule has 24 heavy (non-hydrogen) atoms. The lowest BCUT2D eigenvalue weighted by atomic mass is 10.0. The van der Waals surface area contributed by atoms with Crippen LogP contribution in [0.1, 0.15) is 61.8 Å². The van der Waals surface area contributed by atoms with E-state index >= 15 is 0 Å². The molecule has 1 fully saturated rings. The molecular weight excluding hydrogens is 306 g/mol. The molecular formula is C17H25N5O2. The fraction of sp³-hybridized carbons (Fsp3) is 0.647. The standard InChI is InChI=1S/C17H25N5O2/c1-4-15-18-17(24-20-15)14-7-5-6-9-21(14)16(23)8-10-22-13(3)11-12(2)19-22/h11,14H,4-10H2,1-3H3/t14-/m0/s1. The number of rotatable bonds is 5. The summed E-state index contributed by atoms with van der Waals surface area (Å²) in [6.07, 6.45) is 4.17. The first kappa shape index (κ1) is 16.7. The van der Waals surface area contributed by atoms with Crippen molar-refractivity contribution < 1.29 is 9.32 Å². The van der Waals surface area contributed by atoms with Gasteiger partial charge in [-0.25, -0.2) is 0 Å². The first-order chi connectivity index (χ1) is 11.6.